The number of ether oxygens (including phenoxy) is 2. The predicted molar refractivity (Wildman–Crippen MR) is 119 cm³/mol. The minimum atomic E-state index is -3.31. The van der Waals surface area contributed by atoms with E-state index in [1.807, 2.05) is 25.1 Å². The molecule has 0 bridgehead atoms. The molecule has 0 aliphatic carbocycles. The summed E-state index contributed by atoms with van der Waals surface area (Å²) >= 11 is 0. The van der Waals surface area contributed by atoms with E-state index in [9.17, 15) is 8.42 Å². The van der Waals surface area contributed by atoms with Crippen molar-refractivity contribution in [3.63, 3.8) is 0 Å². The smallest absolute Gasteiger partial charge is 0.209 e. The van der Waals surface area contributed by atoms with E-state index in [0.717, 1.165) is 24.1 Å². The van der Waals surface area contributed by atoms with Crippen LogP contribution in [-0.2, 0) is 10.0 Å². The molecule has 0 fully saturated rings. The first-order valence-electron chi connectivity index (χ1n) is 8.62. The quantitative estimate of drug-likeness (QED) is 0.307. The lowest BCUT2D eigenvalue weighted by Gasteiger charge is -2.23. The Hall–Kier alpha value is -1.27. The molecule has 0 unspecified atom stereocenters. The minimum absolute atomic E-state index is 0. The number of halogens is 1. The molecule has 0 saturated carbocycles. The van der Waals surface area contributed by atoms with Crippen LogP contribution < -0.4 is 24.8 Å². The van der Waals surface area contributed by atoms with Crippen LogP contribution in [0.4, 0.5) is 5.69 Å². The summed E-state index contributed by atoms with van der Waals surface area (Å²) < 4.78 is 36.8. The number of benzene rings is 1. The van der Waals surface area contributed by atoms with Gasteiger partial charge in [0, 0.05) is 30.3 Å². The molecular weight excluding hydrogens is 483 g/mol. The van der Waals surface area contributed by atoms with Gasteiger partial charge in [-0.05, 0) is 32.9 Å². The van der Waals surface area contributed by atoms with Gasteiger partial charge in [0.2, 0.25) is 10.0 Å². The number of sulfonamides is 1. The average molecular weight is 512 g/mol. The summed E-state index contributed by atoms with van der Waals surface area (Å²) in [6, 6.07) is 5.62. The molecule has 8 nitrogen and oxygen atoms in total. The Kier molecular flexibility index (Phi) is 9.09. The van der Waals surface area contributed by atoms with E-state index >= 15 is 0 Å². The maximum Gasteiger partial charge on any atom is 0.209 e. The highest BCUT2D eigenvalue weighted by atomic mass is 127. The van der Waals surface area contributed by atoms with E-state index in [2.05, 4.69) is 20.3 Å². The zero-order valence-corrected chi connectivity index (χ0v) is 19.3. The van der Waals surface area contributed by atoms with Gasteiger partial charge < -0.3 is 20.1 Å². The number of fused-ring (bicyclic) bond motifs is 1. The Morgan fingerprint density at radius 3 is 2.52 bits per heavy atom. The number of hydrogen-bond acceptors (Lipinski definition) is 5. The summed E-state index contributed by atoms with van der Waals surface area (Å²) in [5.41, 5.74) is 0.114. The minimum Gasteiger partial charge on any atom is -0.490 e. The summed E-state index contributed by atoms with van der Waals surface area (Å²) in [4.78, 5) is 4.49. The number of nitrogens with one attached hydrogen (secondary N) is 3. The van der Waals surface area contributed by atoms with Gasteiger partial charge in [-0.25, -0.2) is 13.1 Å². The molecule has 0 amide bonds. The summed E-state index contributed by atoms with van der Waals surface area (Å²) in [6.45, 7) is 7.76. The molecule has 2 rings (SSSR count). The Morgan fingerprint density at radius 2 is 1.89 bits per heavy atom. The SMILES string of the molecule is CCNC(=NCC(C)(C)NS(C)(=O)=O)Nc1ccc2c(c1)OCCCO2.I. The molecule has 10 heteroatoms. The monoisotopic (exact) mass is 512 g/mol. The summed E-state index contributed by atoms with van der Waals surface area (Å²) in [6.07, 6.45) is 1.99. The van der Waals surface area contributed by atoms with E-state index in [-0.39, 0.29) is 30.5 Å². The fraction of sp³-hybridized carbons (Fsp3) is 0.588. The highest BCUT2D eigenvalue weighted by Crippen LogP contribution is 2.32. The highest BCUT2D eigenvalue weighted by molar-refractivity contribution is 14.0. The van der Waals surface area contributed by atoms with Gasteiger partial charge in [-0.15, -0.1) is 24.0 Å². The molecule has 1 aromatic carbocycles. The van der Waals surface area contributed by atoms with Gasteiger partial charge in [-0.1, -0.05) is 0 Å². The van der Waals surface area contributed by atoms with Crippen molar-refractivity contribution in [3.05, 3.63) is 18.2 Å². The van der Waals surface area contributed by atoms with Crippen LogP contribution >= 0.6 is 24.0 Å². The number of aliphatic imine (C=N–C) groups is 1. The molecule has 0 aromatic heterocycles. The van der Waals surface area contributed by atoms with Crippen LogP contribution in [0.5, 0.6) is 11.5 Å². The molecule has 1 aliphatic heterocycles. The number of rotatable bonds is 6. The fourth-order valence-electron chi connectivity index (χ4n) is 2.50. The summed E-state index contributed by atoms with van der Waals surface area (Å²) in [7, 11) is -3.31. The van der Waals surface area contributed by atoms with Crippen LogP contribution in [0.3, 0.4) is 0 Å². The van der Waals surface area contributed by atoms with Crippen molar-refractivity contribution in [2.45, 2.75) is 32.7 Å². The van der Waals surface area contributed by atoms with Crippen molar-refractivity contribution in [1.82, 2.24) is 10.0 Å². The van der Waals surface area contributed by atoms with Crippen molar-refractivity contribution in [3.8, 4) is 11.5 Å². The molecule has 0 atom stereocenters. The standard InChI is InChI=1S/C17H28N4O4S.HI/c1-5-18-16(19-12-17(2,3)21-26(4,22)23)20-13-7-8-14-15(11-13)25-10-6-9-24-14;/h7-8,11,21H,5-6,9-10,12H2,1-4H3,(H2,18,19,20);1H. The fourth-order valence-corrected chi connectivity index (χ4v) is 3.56. The third kappa shape index (κ3) is 8.52. The number of guanidine groups is 1. The first-order chi connectivity index (χ1) is 12.2. The Balaban J connectivity index is 0.00000364. The van der Waals surface area contributed by atoms with E-state index in [4.69, 9.17) is 9.47 Å². The maximum absolute atomic E-state index is 11.5. The summed E-state index contributed by atoms with van der Waals surface area (Å²) in [5, 5.41) is 6.36. The second kappa shape index (κ2) is 10.3. The Morgan fingerprint density at radius 1 is 1.22 bits per heavy atom. The largest absolute Gasteiger partial charge is 0.490 e. The normalized spacial score (nSPS) is 14.7. The van der Waals surface area contributed by atoms with Crippen LogP contribution in [-0.4, -0.2) is 52.5 Å². The zero-order valence-electron chi connectivity index (χ0n) is 16.2. The molecule has 27 heavy (non-hydrogen) atoms. The van der Waals surface area contributed by atoms with Gasteiger partial charge in [0.05, 0.1) is 26.0 Å². The van der Waals surface area contributed by atoms with Gasteiger partial charge in [0.15, 0.2) is 17.5 Å². The highest BCUT2D eigenvalue weighted by Gasteiger charge is 2.22. The van der Waals surface area contributed by atoms with Crippen LogP contribution in [0.15, 0.2) is 23.2 Å². The van der Waals surface area contributed by atoms with Crippen LogP contribution in [0, 0.1) is 0 Å². The van der Waals surface area contributed by atoms with Crippen LogP contribution in [0.2, 0.25) is 0 Å². The molecule has 0 spiro atoms. The van der Waals surface area contributed by atoms with Crippen molar-refractivity contribution < 1.29 is 17.9 Å². The number of nitrogens with zero attached hydrogens (tertiary/aromatic N) is 1. The topological polar surface area (TPSA) is 101 Å². The second-order valence-corrected chi connectivity index (χ2v) is 8.54. The first kappa shape index (κ1) is 23.8. The molecule has 1 heterocycles. The molecular formula is C17H29IN4O4S. The van der Waals surface area contributed by atoms with Gasteiger partial charge in [-0.3, -0.25) is 4.99 Å². The van der Waals surface area contributed by atoms with E-state index < -0.39 is 15.6 Å². The van der Waals surface area contributed by atoms with E-state index in [1.165, 1.54) is 0 Å². The Labute approximate surface area is 178 Å². The molecule has 1 aromatic rings. The van der Waals surface area contributed by atoms with Crippen molar-refractivity contribution >= 4 is 45.6 Å². The van der Waals surface area contributed by atoms with E-state index in [1.54, 1.807) is 13.8 Å². The van der Waals surface area contributed by atoms with Gasteiger partial charge in [0.1, 0.15) is 0 Å². The third-order valence-corrected chi connectivity index (χ3v) is 4.37. The number of hydrogen-bond donors (Lipinski definition) is 3. The second-order valence-electron chi connectivity index (χ2n) is 6.79. The van der Waals surface area contributed by atoms with Gasteiger partial charge in [0.25, 0.3) is 0 Å². The van der Waals surface area contributed by atoms with Crippen molar-refractivity contribution in [2.75, 3.05) is 37.9 Å². The van der Waals surface area contributed by atoms with E-state index in [0.29, 0.717) is 31.5 Å². The molecule has 154 valence electrons. The first-order valence-corrected chi connectivity index (χ1v) is 10.5. The third-order valence-electron chi connectivity index (χ3n) is 3.45. The maximum atomic E-state index is 11.5. The van der Waals surface area contributed by atoms with Crippen molar-refractivity contribution in [1.29, 1.82) is 0 Å². The number of anilines is 1. The zero-order chi connectivity index (χ0) is 19.2. The molecule has 0 saturated heterocycles. The van der Waals surface area contributed by atoms with Crippen LogP contribution in [0.1, 0.15) is 27.2 Å². The lowest BCUT2D eigenvalue weighted by molar-refractivity contribution is 0.297. The predicted octanol–water partition coefficient (Wildman–Crippen LogP) is 2.17. The molecule has 3 N–H and O–H groups in total. The van der Waals surface area contributed by atoms with Crippen LogP contribution in [0.25, 0.3) is 0 Å². The van der Waals surface area contributed by atoms with Gasteiger partial charge >= 0.3 is 0 Å². The Bertz CT molecular complexity index is 753. The lowest BCUT2D eigenvalue weighted by Crippen LogP contribution is -2.46. The van der Waals surface area contributed by atoms with Gasteiger partial charge in [-0.2, -0.15) is 0 Å². The molecule has 1 aliphatic rings. The molecule has 0 radical (unpaired) electrons. The van der Waals surface area contributed by atoms with Crippen molar-refractivity contribution in [2.24, 2.45) is 4.99 Å². The average Bonchev–Trinajstić information content (AvgIpc) is 2.75. The lowest BCUT2D eigenvalue weighted by atomic mass is 10.1. The summed E-state index contributed by atoms with van der Waals surface area (Å²) in [5.74, 6) is 1.99.